The quantitative estimate of drug-likeness (QED) is 0.583. The van der Waals surface area contributed by atoms with Crippen molar-refractivity contribution in [3.05, 3.63) is 65.2 Å². The number of nitrogens with one attached hydrogen (secondary N) is 2. The highest BCUT2D eigenvalue weighted by atomic mass is 16.6. The summed E-state index contributed by atoms with van der Waals surface area (Å²) >= 11 is 0. The Kier molecular flexibility index (Phi) is 7.28. The molecule has 9 heteroatoms. The number of rotatable bonds is 8. The molecule has 1 aliphatic heterocycles. The Hall–Kier alpha value is -3.88. The summed E-state index contributed by atoms with van der Waals surface area (Å²) in [6.45, 7) is 4.07. The van der Waals surface area contributed by atoms with Gasteiger partial charge in [0.05, 0.1) is 0 Å². The van der Waals surface area contributed by atoms with Crippen molar-refractivity contribution in [3.63, 3.8) is 0 Å². The molecule has 0 radical (unpaired) electrons. The molecule has 4 rings (SSSR count). The highest BCUT2D eigenvalue weighted by Crippen LogP contribution is 2.46. The van der Waals surface area contributed by atoms with E-state index in [4.69, 9.17) is 4.74 Å². The van der Waals surface area contributed by atoms with Crippen LogP contribution in [0.5, 0.6) is 0 Å². The van der Waals surface area contributed by atoms with Gasteiger partial charge in [-0.05, 0) is 42.5 Å². The molecule has 0 bridgehead atoms. The normalized spacial score (nSPS) is 18.4. The number of ether oxygens (including phenoxy) is 1. The van der Waals surface area contributed by atoms with Crippen LogP contribution in [0.15, 0.2) is 48.5 Å². The SMILES string of the molecule is CCC(CC)N(Cc1ccccc1)C(=O)CN1C(=O)OC2(CCc3cc(NC(=O)NC)ccc32)C1=O. The van der Waals surface area contributed by atoms with Crippen LogP contribution >= 0.6 is 0 Å². The summed E-state index contributed by atoms with van der Waals surface area (Å²) in [5.74, 6) is -0.811. The van der Waals surface area contributed by atoms with Crippen molar-refractivity contribution < 1.29 is 23.9 Å². The number of hydrogen-bond donors (Lipinski definition) is 2. The van der Waals surface area contributed by atoms with E-state index < -0.39 is 17.6 Å². The summed E-state index contributed by atoms with van der Waals surface area (Å²) in [5.41, 5.74) is 1.55. The smallest absolute Gasteiger partial charge is 0.418 e. The molecule has 1 saturated heterocycles. The topological polar surface area (TPSA) is 108 Å². The zero-order valence-corrected chi connectivity index (χ0v) is 20.9. The van der Waals surface area contributed by atoms with Gasteiger partial charge in [-0.15, -0.1) is 0 Å². The van der Waals surface area contributed by atoms with Gasteiger partial charge in [-0.25, -0.2) is 14.5 Å². The van der Waals surface area contributed by atoms with Crippen LogP contribution < -0.4 is 10.6 Å². The number of nitrogens with zero attached hydrogens (tertiary/aromatic N) is 2. The first-order valence-corrected chi connectivity index (χ1v) is 12.3. The third-order valence-electron chi connectivity index (χ3n) is 7.04. The second kappa shape index (κ2) is 10.4. The molecule has 2 aliphatic rings. The molecule has 1 fully saturated rings. The molecule has 5 amide bonds. The van der Waals surface area contributed by atoms with Gasteiger partial charge < -0.3 is 20.3 Å². The average molecular weight is 493 g/mol. The Bertz CT molecular complexity index is 1160. The molecule has 190 valence electrons. The van der Waals surface area contributed by atoms with E-state index in [2.05, 4.69) is 10.6 Å². The highest BCUT2D eigenvalue weighted by Gasteiger charge is 2.58. The Morgan fingerprint density at radius 3 is 2.50 bits per heavy atom. The number of hydrogen-bond acceptors (Lipinski definition) is 5. The van der Waals surface area contributed by atoms with Gasteiger partial charge in [-0.1, -0.05) is 50.2 Å². The predicted octanol–water partition coefficient (Wildman–Crippen LogP) is 3.78. The second-order valence-electron chi connectivity index (χ2n) is 9.14. The van der Waals surface area contributed by atoms with Crippen LogP contribution in [-0.2, 0) is 32.9 Å². The molecule has 36 heavy (non-hydrogen) atoms. The minimum atomic E-state index is -1.43. The standard InChI is InChI=1S/C27H32N4O5/c1-4-21(5-2)30(16-18-9-7-6-8-10-18)23(32)17-31-24(33)27(36-26(31)35)14-13-19-15-20(11-12-22(19)27)29-25(34)28-3/h6-12,15,21H,4-5,13-14,16-17H2,1-3H3,(H2,28,29,34). The first kappa shape index (κ1) is 25.2. The highest BCUT2D eigenvalue weighted by molar-refractivity contribution is 6.06. The van der Waals surface area contributed by atoms with Crippen LogP contribution in [0.1, 0.15) is 49.8 Å². The summed E-state index contributed by atoms with van der Waals surface area (Å²) in [5, 5.41) is 5.20. The van der Waals surface area contributed by atoms with Crippen LogP contribution in [0.25, 0.3) is 0 Å². The van der Waals surface area contributed by atoms with Gasteiger partial charge in [0.25, 0.3) is 5.91 Å². The van der Waals surface area contributed by atoms with Gasteiger partial charge >= 0.3 is 12.1 Å². The van der Waals surface area contributed by atoms with Crippen LogP contribution in [0.3, 0.4) is 0 Å². The predicted molar refractivity (Wildman–Crippen MR) is 134 cm³/mol. The molecule has 1 unspecified atom stereocenters. The number of amides is 5. The zero-order valence-electron chi connectivity index (χ0n) is 20.9. The summed E-state index contributed by atoms with van der Waals surface area (Å²) in [4.78, 5) is 54.2. The van der Waals surface area contributed by atoms with E-state index in [0.29, 0.717) is 30.6 Å². The van der Waals surface area contributed by atoms with Crippen molar-refractivity contribution in [3.8, 4) is 0 Å². The number of imide groups is 1. The van der Waals surface area contributed by atoms with Gasteiger partial charge in [0, 0.05) is 37.3 Å². The number of aryl methyl sites for hydroxylation is 1. The lowest BCUT2D eigenvalue weighted by molar-refractivity contribution is -0.143. The Morgan fingerprint density at radius 1 is 1.11 bits per heavy atom. The summed E-state index contributed by atoms with van der Waals surface area (Å²) in [6, 6.07) is 14.5. The van der Waals surface area contributed by atoms with E-state index in [1.165, 1.54) is 7.05 Å². The first-order chi connectivity index (χ1) is 17.3. The maximum absolute atomic E-state index is 13.6. The maximum Gasteiger partial charge on any atom is 0.418 e. The van der Waals surface area contributed by atoms with Gasteiger partial charge in [-0.2, -0.15) is 0 Å². The molecule has 2 aromatic rings. The van der Waals surface area contributed by atoms with Crippen LogP contribution in [-0.4, -0.2) is 53.4 Å². The van der Waals surface area contributed by atoms with E-state index in [9.17, 15) is 19.2 Å². The Labute approximate surface area is 210 Å². The van der Waals surface area contributed by atoms with Crippen LogP contribution in [0.2, 0.25) is 0 Å². The molecule has 9 nitrogen and oxygen atoms in total. The van der Waals surface area contributed by atoms with Crippen molar-refractivity contribution >= 4 is 29.6 Å². The minimum absolute atomic E-state index is 0.0150. The van der Waals surface area contributed by atoms with Crippen LogP contribution in [0.4, 0.5) is 15.3 Å². The van der Waals surface area contributed by atoms with Gasteiger partial charge in [0.15, 0.2) is 0 Å². The van der Waals surface area contributed by atoms with Crippen molar-refractivity contribution in [2.45, 2.75) is 57.7 Å². The third-order valence-corrected chi connectivity index (χ3v) is 7.04. The number of anilines is 1. The number of urea groups is 1. The molecule has 0 saturated carbocycles. The molecule has 1 spiro atoms. The minimum Gasteiger partial charge on any atom is -0.427 e. The Balaban J connectivity index is 1.54. The number of carbonyl (C=O) groups excluding carboxylic acids is 4. The van der Waals surface area contributed by atoms with Crippen molar-refractivity contribution in [1.82, 2.24) is 15.1 Å². The van der Waals surface area contributed by atoms with E-state index in [0.717, 1.165) is 28.9 Å². The summed E-state index contributed by atoms with van der Waals surface area (Å²) in [7, 11) is 1.52. The summed E-state index contributed by atoms with van der Waals surface area (Å²) in [6.07, 6.45) is 1.51. The van der Waals surface area contributed by atoms with E-state index in [1.807, 2.05) is 44.2 Å². The monoisotopic (exact) mass is 492 g/mol. The van der Waals surface area contributed by atoms with E-state index in [-0.39, 0.29) is 24.5 Å². The molecule has 1 heterocycles. The fourth-order valence-corrected chi connectivity index (χ4v) is 5.08. The van der Waals surface area contributed by atoms with E-state index in [1.54, 1.807) is 23.1 Å². The maximum atomic E-state index is 13.6. The number of fused-ring (bicyclic) bond motifs is 2. The van der Waals surface area contributed by atoms with Crippen molar-refractivity contribution in [2.75, 3.05) is 18.9 Å². The fourth-order valence-electron chi connectivity index (χ4n) is 5.08. The largest absolute Gasteiger partial charge is 0.427 e. The van der Waals surface area contributed by atoms with Gasteiger partial charge in [-0.3, -0.25) is 9.59 Å². The second-order valence-corrected chi connectivity index (χ2v) is 9.14. The van der Waals surface area contributed by atoms with Crippen LogP contribution in [0, 0.1) is 0 Å². The lowest BCUT2D eigenvalue weighted by Crippen LogP contribution is -2.47. The molecule has 0 aromatic heterocycles. The zero-order chi connectivity index (χ0) is 25.9. The Morgan fingerprint density at radius 2 is 1.83 bits per heavy atom. The molecular formula is C27H32N4O5. The molecule has 1 atom stereocenters. The third kappa shape index (κ3) is 4.65. The van der Waals surface area contributed by atoms with Crippen molar-refractivity contribution in [1.29, 1.82) is 0 Å². The molecule has 2 N–H and O–H groups in total. The summed E-state index contributed by atoms with van der Waals surface area (Å²) < 4.78 is 5.68. The lowest BCUT2D eigenvalue weighted by atomic mass is 9.94. The molecular weight excluding hydrogens is 460 g/mol. The van der Waals surface area contributed by atoms with Gasteiger partial charge in [0.2, 0.25) is 11.5 Å². The first-order valence-electron chi connectivity index (χ1n) is 12.3. The molecule has 2 aromatic carbocycles. The van der Waals surface area contributed by atoms with Gasteiger partial charge in [0.1, 0.15) is 6.54 Å². The van der Waals surface area contributed by atoms with E-state index >= 15 is 0 Å². The van der Waals surface area contributed by atoms with Crippen molar-refractivity contribution in [2.24, 2.45) is 0 Å². The number of carbonyl (C=O) groups is 4. The average Bonchev–Trinajstić information content (AvgIpc) is 3.36. The number of benzene rings is 2. The lowest BCUT2D eigenvalue weighted by Gasteiger charge is -2.31. The fraction of sp³-hybridized carbons (Fsp3) is 0.407. The molecule has 1 aliphatic carbocycles.